The Balaban J connectivity index is 1.68. The number of hydrogen-bond donors (Lipinski definition) is 1. The Morgan fingerprint density at radius 2 is 1.63 bits per heavy atom. The van der Waals surface area contributed by atoms with Gasteiger partial charge in [-0.05, 0) is 66.7 Å². The maximum atomic E-state index is 13.1. The van der Waals surface area contributed by atoms with Gasteiger partial charge < -0.3 is 15.1 Å². The second-order valence-electron chi connectivity index (χ2n) is 9.21. The highest BCUT2D eigenvalue weighted by Gasteiger charge is 2.18. The molecule has 30 heavy (non-hydrogen) atoms. The first-order valence-corrected chi connectivity index (χ1v) is 11.3. The van der Waals surface area contributed by atoms with Crippen LogP contribution in [-0.2, 0) is 12.0 Å². The molecule has 0 radical (unpaired) electrons. The van der Waals surface area contributed by atoms with Crippen LogP contribution in [0.1, 0.15) is 51.2 Å². The molecule has 2 aromatic rings. The molecule has 0 atom stereocenters. The molecule has 0 bridgehead atoms. The van der Waals surface area contributed by atoms with Crippen LogP contribution >= 0.6 is 11.6 Å². The van der Waals surface area contributed by atoms with Gasteiger partial charge in [0, 0.05) is 30.3 Å². The van der Waals surface area contributed by atoms with Gasteiger partial charge in [0.15, 0.2) is 0 Å². The molecule has 1 fully saturated rings. The Kier molecular flexibility index (Phi) is 7.79. The predicted octanol–water partition coefficient (Wildman–Crippen LogP) is 6.16. The molecule has 1 saturated heterocycles. The highest BCUT2D eigenvalue weighted by molar-refractivity contribution is 6.30. The maximum absolute atomic E-state index is 13.1. The van der Waals surface area contributed by atoms with Crippen molar-refractivity contribution in [3.63, 3.8) is 0 Å². The predicted molar refractivity (Wildman–Crippen MR) is 126 cm³/mol. The van der Waals surface area contributed by atoms with Crippen molar-refractivity contribution >= 4 is 23.3 Å². The number of hydrogen-bond acceptors (Lipinski definition) is 2. The Morgan fingerprint density at radius 3 is 2.23 bits per heavy atom. The minimum atomic E-state index is -0.0748. The number of piperidine rings is 1. The molecule has 1 N–H and O–H groups in total. The lowest BCUT2D eigenvalue weighted by Gasteiger charge is -2.30. The Labute approximate surface area is 186 Å². The van der Waals surface area contributed by atoms with Crippen molar-refractivity contribution in [3.8, 4) is 0 Å². The largest absolute Gasteiger partial charge is 0.322 e. The fraction of sp³-hybridized carbons (Fsp3) is 0.480. The first kappa shape index (κ1) is 22.6. The SMILES string of the molecule is CC(C)(C)c1ccc(CN(CCN2CCCCC2)C(=O)Nc2ccc(Cl)cc2)cc1. The molecule has 4 nitrogen and oxygen atoms in total. The highest BCUT2D eigenvalue weighted by atomic mass is 35.5. The molecule has 0 aliphatic carbocycles. The van der Waals surface area contributed by atoms with Crippen LogP contribution in [0, 0.1) is 0 Å². The van der Waals surface area contributed by atoms with Gasteiger partial charge in [0.2, 0.25) is 0 Å². The molecular formula is C25H34ClN3O. The van der Waals surface area contributed by atoms with E-state index in [1.54, 1.807) is 12.1 Å². The fourth-order valence-corrected chi connectivity index (χ4v) is 3.89. The molecule has 0 spiro atoms. The van der Waals surface area contributed by atoms with Gasteiger partial charge in [0.1, 0.15) is 0 Å². The second kappa shape index (κ2) is 10.3. The van der Waals surface area contributed by atoms with E-state index in [-0.39, 0.29) is 11.4 Å². The van der Waals surface area contributed by atoms with Crippen LogP contribution in [0.15, 0.2) is 48.5 Å². The van der Waals surface area contributed by atoms with Gasteiger partial charge in [-0.1, -0.05) is 63.1 Å². The summed E-state index contributed by atoms with van der Waals surface area (Å²) in [6, 6.07) is 15.8. The molecule has 1 aliphatic rings. The number of halogens is 1. The van der Waals surface area contributed by atoms with E-state index in [0.717, 1.165) is 30.9 Å². The van der Waals surface area contributed by atoms with Crippen molar-refractivity contribution in [3.05, 3.63) is 64.7 Å². The third-order valence-electron chi connectivity index (χ3n) is 5.71. The number of amides is 2. The van der Waals surface area contributed by atoms with E-state index in [4.69, 9.17) is 11.6 Å². The molecule has 3 rings (SSSR count). The van der Waals surface area contributed by atoms with Crippen LogP contribution in [0.4, 0.5) is 10.5 Å². The van der Waals surface area contributed by atoms with Gasteiger partial charge in [-0.25, -0.2) is 4.79 Å². The summed E-state index contributed by atoms with van der Waals surface area (Å²) in [6.45, 7) is 11.1. The summed E-state index contributed by atoms with van der Waals surface area (Å²) in [5.41, 5.74) is 3.33. The molecule has 0 saturated carbocycles. The maximum Gasteiger partial charge on any atom is 0.322 e. The average Bonchev–Trinajstić information content (AvgIpc) is 2.73. The van der Waals surface area contributed by atoms with E-state index in [0.29, 0.717) is 18.1 Å². The van der Waals surface area contributed by atoms with Crippen molar-refractivity contribution in [2.75, 3.05) is 31.5 Å². The Hall–Kier alpha value is -2.04. The third-order valence-corrected chi connectivity index (χ3v) is 5.96. The number of rotatable bonds is 6. The van der Waals surface area contributed by atoms with Crippen molar-refractivity contribution in [1.82, 2.24) is 9.80 Å². The Bertz CT molecular complexity index is 806. The molecule has 1 heterocycles. The van der Waals surface area contributed by atoms with Crippen LogP contribution in [0.5, 0.6) is 0 Å². The lowest BCUT2D eigenvalue weighted by Crippen LogP contribution is -2.41. The van der Waals surface area contributed by atoms with Crippen LogP contribution in [0.3, 0.4) is 0 Å². The number of likely N-dealkylation sites (tertiary alicyclic amines) is 1. The number of nitrogens with one attached hydrogen (secondary N) is 1. The number of benzene rings is 2. The molecular weight excluding hydrogens is 394 g/mol. The number of carbonyl (C=O) groups excluding carboxylic acids is 1. The van der Waals surface area contributed by atoms with Gasteiger partial charge in [0.25, 0.3) is 0 Å². The van der Waals surface area contributed by atoms with E-state index in [9.17, 15) is 4.79 Å². The molecule has 2 amide bonds. The zero-order valence-electron chi connectivity index (χ0n) is 18.5. The third kappa shape index (κ3) is 6.75. The van der Waals surface area contributed by atoms with E-state index in [2.05, 4.69) is 55.3 Å². The second-order valence-corrected chi connectivity index (χ2v) is 9.64. The van der Waals surface area contributed by atoms with Gasteiger partial charge >= 0.3 is 6.03 Å². The summed E-state index contributed by atoms with van der Waals surface area (Å²) >= 11 is 5.97. The van der Waals surface area contributed by atoms with Crippen molar-refractivity contribution in [2.24, 2.45) is 0 Å². The molecule has 1 aliphatic heterocycles. The summed E-state index contributed by atoms with van der Waals surface area (Å²) in [7, 11) is 0. The van der Waals surface area contributed by atoms with Gasteiger partial charge in [-0.15, -0.1) is 0 Å². The van der Waals surface area contributed by atoms with Gasteiger partial charge in [-0.3, -0.25) is 0 Å². The summed E-state index contributed by atoms with van der Waals surface area (Å²) < 4.78 is 0. The van der Waals surface area contributed by atoms with Crippen LogP contribution in [0.2, 0.25) is 5.02 Å². The zero-order valence-corrected chi connectivity index (χ0v) is 19.2. The molecule has 2 aromatic carbocycles. The smallest absolute Gasteiger partial charge is 0.319 e. The highest BCUT2D eigenvalue weighted by Crippen LogP contribution is 2.23. The summed E-state index contributed by atoms with van der Waals surface area (Å²) in [5, 5.41) is 3.68. The van der Waals surface area contributed by atoms with E-state index in [1.807, 2.05) is 17.0 Å². The van der Waals surface area contributed by atoms with Gasteiger partial charge in [-0.2, -0.15) is 0 Å². The van der Waals surface area contributed by atoms with E-state index >= 15 is 0 Å². The zero-order chi connectivity index (χ0) is 21.6. The minimum absolute atomic E-state index is 0.0748. The lowest BCUT2D eigenvalue weighted by molar-refractivity contribution is 0.178. The summed E-state index contributed by atoms with van der Waals surface area (Å²) in [4.78, 5) is 17.4. The van der Waals surface area contributed by atoms with E-state index in [1.165, 1.54) is 24.8 Å². The first-order chi connectivity index (χ1) is 14.3. The monoisotopic (exact) mass is 427 g/mol. The number of anilines is 1. The normalized spacial score (nSPS) is 15.1. The number of urea groups is 1. The molecule has 0 aromatic heterocycles. The van der Waals surface area contributed by atoms with Crippen molar-refractivity contribution < 1.29 is 4.79 Å². The first-order valence-electron chi connectivity index (χ1n) is 10.9. The summed E-state index contributed by atoms with van der Waals surface area (Å²) in [6.07, 6.45) is 3.83. The topological polar surface area (TPSA) is 35.6 Å². The molecule has 162 valence electrons. The molecule has 0 unspecified atom stereocenters. The van der Waals surface area contributed by atoms with Crippen LogP contribution < -0.4 is 5.32 Å². The summed E-state index contributed by atoms with van der Waals surface area (Å²) in [5.74, 6) is 0. The lowest BCUT2D eigenvalue weighted by atomic mass is 9.87. The van der Waals surface area contributed by atoms with Crippen LogP contribution in [0.25, 0.3) is 0 Å². The average molecular weight is 428 g/mol. The van der Waals surface area contributed by atoms with Crippen molar-refractivity contribution in [2.45, 2.75) is 52.0 Å². The fourth-order valence-electron chi connectivity index (χ4n) is 3.76. The van der Waals surface area contributed by atoms with Gasteiger partial charge in [0.05, 0.1) is 0 Å². The standard InChI is InChI=1S/C25H34ClN3O/c1-25(2,3)21-9-7-20(8-10-21)19-29(18-17-28-15-5-4-6-16-28)24(30)27-23-13-11-22(26)12-14-23/h7-14H,4-6,15-19H2,1-3H3,(H,27,30). The quantitative estimate of drug-likeness (QED) is 0.599. The Morgan fingerprint density at radius 1 is 1.00 bits per heavy atom. The molecule has 5 heteroatoms. The van der Waals surface area contributed by atoms with Crippen LogP contribution in [-0.4, -0.2) is 42.0 Å². The number of carbonyl (C=O) groups is 1. The minimum Gasteiger partial charge on any atom is -0.319 e. The van der Waals surface area contributed by atoms with Crippen molar-refractivity contribution in [1.29, 1.82) is 0 Å². The number of nitrogens with zero attached hydrogens (tertiary/aromatic N) is 2. The van der Waals surface area contributed by atoms with E-state index < -0.39 is 0 Å².